The van der Waals surface area contributed by atoms with Gasteiger partial charge < -0.3 is 20.3 Å². The molecule has 2 aliphatic heterocycles. The van der Waals surface area contributed by atoms with Crippen molar-refractivity contribution in [3.63, 3.8) is 0 Å². The van der Waals surface area contributed by atoms with E-state index in [4.69, 9.17) is 10.5 Å². The fraction of sp³-hybridized carbons (Fsp3) is 0.632. The van der Waals surface area contributed by atoms with Crippen molar-refractivity contribution in [1.29, 1.82) is 0 Å². The van der Waals surface area contributed by atoms with Gasteiger partial charge >= 0.3 is 0 Å². The molecule has 0 aliphatic carbocycles. The Balaban J connectivity index is 0.00000320. The van der Waals surface area contributed by atoms with E-state index in [-0.39, 0.29) is 48.2 Å². The molecule has 11 heteroatoms. The third kappa shape index (κ3) is 7.82. The average Bonchev–Trinajstić information content (AvgIpc) is 2.74. The molecule has 0 spiro atoms. The summed E-state index contributed by atoms with van der Waals surface area (Å²) in [4.78, 5) is 8.34. The van der Waals surface area contributed by atoms with Crippen LogP contribution in [0.4, 0.5) is 10.1 Å². The number of aliphatic imine (C=N–C) groups is 1. The highest BCUT2D eigenvalue weighted by Crippen LogP contribution is 2.17. The van der Waals surface area contributed by atoms with Crippen LogP contribution in [0.3, 0.4) is 0 Å². The molecule has 170 valence electrons. The first-order valence-electron chi connectivity index (χ1n) is 10.1. The lowest BCUT2D eigenvalue weighted by atomic mass is 10.1. The summed E-state index contributed by atoms with van der Waals surface area (Å²) in [6.45, 7) is 3.96. The SMILES string of the molecule is I.NC(=NCCS(=O)(=O)NCC1CCCCO1)N1CCN(c2ccc(F)cc2)CC1. The fourth-order valence-electron chi connectivity index (χ4n) is 3.49. The van der Waals surface area contributed by atoms with Crippen molar-refractivity contribution < 1.29 is 17.5 Å². The number of rotatable bonds is 7. The summed E-state index contributed by atoms with van der Waals surface area (Å²) in [6, 6.07) is 6.43. The van der Waals surface area contributed by atoms with Crippen LogP contribution in [0.2, 0.25) is 0 Å². The van der Waals surface area contributed by atoms with E-state index in [2.05, 4.69) is 14.6 Å². The minimum absolute atomic E-state index is 0. The number of ether oxygens (including phenoxy) is 1. The molecule has 8 nitrogen and oxygen atoms in total. The predicted octanol–water partition coefficient (Wildman–Crippen LogP) is 1.37. The van der Waals surface area contributed by atoms with Gasteiger partial charge in [-0.05, 0) is 43.5 Å². The molecule has 2 heterocycles. The number of nitrogens with one attached hydrogen (secondary N) is 1. The Bertz CT molecular complexity index is 780. The van der Waals surface area contributed by atoms with E-state index in [0.29, 0.717) is 32.2 Å². The van der Waals surface area contributed by atoms with Crippen LogP contribution in [-0.2, 0) is 14.8 Å². The number of guanidine groups is 1. The van der Waals surface area contributed by atoms with Crippen molar-refractivity contribution in [1.82, 2.24) is 9.62 Å². The molecule has 2 aliphatic rings. The smallest absolute Gasteiger partial charge is 0.213 e. The van der Waals surface area contributed by atoms with Crippen molar-refractivity contribution >= 4 is 45.6 Å². The van der Waals surface area contributed by atoms with Crippen LogP contribution in [0.15, 0.2) is 29.3 Å². The highest BCUT2D eigenvalue weighted by atomic mass is 127. The van der Waals surface area contributed by atoms with Gasteiger partial charge in [-0.3, -0.25) is 4.99 Å². The maximum absolute atomic E-state index is 13.1. The van der Waals surface area contributed by atoms with E-state index >= 15 is 0 Å². The van der Waals surface area contributed by atoms with Gasteiger partial charge in [0.1, 0.15) is 5.82 Å². The number of nitrogens with two attached hydrogens (primary N) is 1. The van der Waals surface area contributed by atoms with Gasteiger partial charge in [0, 0.05) is 45.0 Å². The van der Waals surface area contributed by atoms with Crippen LogP contribution >= 0.6 is 24.0 Å². The third-order valence-electron chi connectivity index (χ3n) is 5.23. The Morgan fingerprint density at radius 1 is 1.20 bits per heavy atom. The number of hydrogen-bond acceptors (Lipinski definition) is 5. The van der Waals surface area contributed by atoms with Gasteiger partial charge in [-0.25, -0.2) is 17.5 Å². The fourth-order valence-corrected chi connectivity index (χ4v) is 4.40. The quantitative estimate of drug-likeness (QED) is 0.300. The van der Waals surface area contributed by atoms with E-state index in [9.17, 15) is 12.8 Å². The molecule has 0 amide bonds. The molecule has 3 N–H and O–H groups in total. The van der Waals surface area contributed by atoms with Crippen LogP contribution in [0.5, 0.6) is 0 Å². The van der Waals surface area contributed by atoms with Crippen LogP contribution in [-0.4, -0.2) is 77.0 Å². The largest absolute Gasteiger partial charge is 0.377 e. The molecule has 0 radical (unpaired) electrons. The number of piperazine rings is 1. The number of anilines is 1. The topological polar surface area (TPSA) is 100 Å². The Morgan fingerprint density at radius 3 is 2.53 bits per heavy atom. The van der Waals surface area contributed by atoms with E-state index in [1.807, 2.05) is 4.90 Å². The van der Waals surface area contributed by atoms with Gasteiger partial charge in [-0.15, -0.1) is 24.0 Å². The molecule has 30 heavy (non-hydrogen) atoms. The summed E-state index contributed by atoms with van der Waals surface area (Å²) in [5.74, 6) is 0.00437. The van der Waals surface area contributed by atoms with Gasteiger partial charge in [0.25, 0.3) is 0 Å². The minimum atomic E-state index is -3.41. The van der Waals surface area contributed by atoms with Crippen LogP contribution in [0.1, 0.15) is 19.3 Å². The van der Waals surface area contributed by atoms with Crippen LogP contribution in [0.25, 0.3) is 0 Å². The molecule has 0 aromatic heterocycles. The molecule has 3 rings (SSSR count). The highest BCUT2D eigenvalue weighted by Gasteiger charge is 2.20. The summed E-state index contributed by atoms with van der Waals surface area (Å²) < 4.78 is 45.5. The molecule has 2 saturated heterocycles. The number of sulfonamides is 1. The summed E-state index contributed by atoms with van der Waals surface area (Å²) in [6.07, 6.45) is 2.96. The van der Waals surface area contributed by atoms with Crippen molar-refractivity contribution in [3.8, 4) is 0 Å². The Morgan fingerprint density at radius 2 is 1.90 bits per heavy atom. The number of hydrogen-bond donors (Lipinski definition) is 2. The second-order valence-corrected chi connectivity index (χ2v) is 9.27. The molecule has 2 fully saturated rings. The van der Waals surface area contributed by atoms with Crippen molar-refractivity contribution in [2.75, 3.05) is 56.5 Å². The van der Waals surface area contributed by atoms with E-state index < -0.39 is 10.0 Å². The third-order valence-corrected chi connectivity index (χ3v) is 6.56. The first-order valence-corrected chi connectivity index (χ1v) is 11.7. The van der Waals surface area contributed by atoms with E-state index in [1.54, 1.807) is 12.1 Å². The number of halogens is 2. The molecular weight excluding hydrogens is 524 g/mol. The zero-order valence-corrected chi connectivity index (χ0v) is 20.1. The highest BCUT2D eigenvalue weighted by molar-refractivity contribution is 14.0. The predicted molar refractivity (Wildman–Crippen MR) is 127 cm³/mol. The van der Waals surface area contributed by atoms with Gasteiger partial charge in [0.2, 0.25) is 10.0 Å². The molecule has 0 saturated carbocycles. The maximum Gasteiger partial charge on any atom is 0.213 e. The van der Waals surface area contributed by atoms with Crippen LogP contribution in [0, 0.1) is 5.82 Å². The van der Waals surface area contributed by atoms with Gasteiger partial charge in [0.15, 0.2) is 5.96 Å². The maximum atomic E-state index is 13.1. The lowest BCUT2D eigenvalue weighted by molar-refractivity contribution is 0.0200. The molecule has 1 unspecified atom stereocenters. The zero-order chi connectivity index (χ0) is 20.7. The first-order chi connectivity index (χ1) is 13.9. The summed E-state index contributed by atoms with van der Waals surface area (Å²) in [5, 5.41) is 0. The summed E-state index contributed by atoms with van der Waals surface area (Å²) in [7, 11) is -3.41. The molecule has 1 aromatic rings. The molecular formula is C19H31FIN5O3S. The summed E-state index contributed by atoms with van der Waals surface area (Å²) >= 11 is 0. The lowest BCUT2D eigenvalue weighted by Gasteiger charge is -2.36. The van der Waals surface area contributed by atoms with Gasteiger partial charge in [0.05, 0.1) is 18.4 Å². The van der Waals surface area contributed by atoms with Gasteiger partial charge in [-0.1, -0.05) is 0 Å². The standard InChI is InChI=1S/C19H30FN5O3S.HI/c20-16-4-6-17(7-5-16)24-9-11-25(12-10-24)19(21)22-8-14-29(26,27)23-15-18-3-1-2-13-28-18;/h4-7,18,23H,1-3,8-15H2,(H2,21,22);1H. The van der Waals surface area contributed by atoms with Crippen LogP contribution < -0.4 is 15.4 Å². The lowest BCUT2D eigenvalue weighted by Crippen LogP contribution is -2.51. The van der Waals surface area contributed by atoms with Gasteiger partial charge in [-0.2, -0.15) is 0 Å². The number of nitrogens with zero attached hydrogens (tertiary/aromatic N) is 3. The van der Waals surface area contributed by atoms with E-state index in [0.717, 1.165) is 38.0 Å². The summed E-state index contributed by atoms with van der Waals surface area (Å²) in [5.41, 5.74) is 7.02. The van der Waals surface area contributed by atoms with Crippen molar-refractivity contribution in [2.24, 2.45) is 10.7 Å². The molecule has 1 aromatic carbocycles. The van der Waals surface area contributed by atoms with Crippen molar-refractivity contribution in [3.05, 3.63) is 30.1 Å². The second-order valence-electron chi connectivity index (χ2n) is 7.35. The Kier molecular flexibility index (Phi) is 10.0. The number of benzene rings is 1. The molecule has 1 atom stereocenters. The monoisotopic (exact) mass is 555 g/mol. The normalized spacial score (nSPS) is 20.7. The molecule has 0 bridgehead atoms. The minimum Gasteiger partial charge on any atom is -0.377 e. The average molecular weight is 555 g/mol. The van der Waals surface area contributed by atoms with Crippen molar-refractivity contribution in [2.45, 2.75) is 25.4 Å². The first kappa shape index (κ1) is 25.1. The van der Waals surface area contributed by atoms with E-state index in [1.165, 1.54) is 12.1 Å². The zero-order valence-electron chi connectivity index (χ0n) is 17.0. The Hall–Kier alpha value is -1.18. The second kappa shape index (κ2) is 12.0. The Labute approximate surface area is 195 Å².